The summed E-state index contributed by atoms with van der Waals surface area (Å²) < 4.78 is 0. The van der Waals surface area contributed by atoms with E-state index in [1.165, 1.54) is 24.9 Å². The van der Waals surface area contributed by atoms with Crippen LogP contribution in [-0.4, -0.2) is 17.5 Å². The summed E-state index contributed by atoms with van der Waals surface area (Å²) in [5.41, 5.74) is 1.42. The monoisotopic (exact) mass is 241 g/mol. The first-order valence-electron chi connectivity index (χ1n) is 6.93. The fourth-order valence-corrected chi connectivity index (χ4v) is 2.73. The molecule has 0 amide bonds. The van der Waals surface area contributed by atoms with E-state index in [2.05, 4.69) is 73.4 Å². The number of benzene rings is 1. The lowest BCUT2D eigenvalue weighted by Gasteiger charge is -2.29. The molecule has 0 radical (unpaired) electrons. The zero-order valence-electron chi connectivity index (χ0n) is 11.4. The SMILES string of the molecule is CC=CC=CC1CCCN1C(C)c1ccccc1. The zero-order valence-corrected chi connectivity index (χ0v) is 11.4. The molecule has 2 rings (SSSR count). The fraction of sp³-hybridized carbons (Fsp3) is 0.412. The molecule has 1 nitrogen and oxygen atoms in total. The molecule has 0 saturated carbocycles. The Morgan fingerprint density at radius 3 is 2.72 bits per heavy atom. The van der Waals surface area contributed by atoms with Crippen LogP contribution in [0.3, 0.4) is 0 Å². The van der Waals surface area contributed by atoms with Gasteiger partial charge in [-0.1, -0.05) is 54.6 Å². The molecule has 96 valence electrons. The Morgan fingerprint density at radius 1 is 1.22 bits per heavy atom. The van der Waals surface area contributed by atoms with Crippen LogP contribution in [-0.2, 0) is 0 Å². The average molecular weight is 241 g/mol. The second-order valence-electron chi connectivity index (χ2n) is 4.94. The van der Waals surface area contributed by atoms with Crippen LogP contribution in [0.4, 0.5) is 0 Å². The number of nitrogens with zero attached hydrogens (tertiary/aromatic N) is 1. The van der Waals surface area contributed by atoms with Gasteiger partial charge in [0.25, 0.3) is 0 Å². The van der Waals surface area contributed by atoms with Crippen molar-refractivity contribution in [3.8, 4) is 0 Å². The molecule has 0 N–H and O–H groups in total. The van der Waals surface area contributed by atoms with Gasteiger partial charge in [0.05, 0.1) is 0 Å². The Balaban J connectivity index is 2.07. The third kappa shape index (κ3) is 3.11. The highest BCUT2D eigenvalue weighted by atomic mass is 15.2. The van der Waals surface area contributed by atoms with Crippen molar-refractivity contribution < 1.29 is 0 Å². The van der Waals surface area contributed by atoms with Gasteiger partial charge in [-0.2, -0.15) is 0 Å². The van der Waals surface area contributed by atoms with Gasteiger partial charge in [0.1, 0.15) is 0 Å². The highest BCUT2D eigenvalue weighted by Crippen LogP contribution is 2.29. The van der Waals surface area contributed by atoms with E-state index >= 15 is 0 Å². The van der Waals surface area contributed by atoms with Crippen molar-refractivity contribution in [2.45, 2.75) is 38.8 Å². The van der Waals surface area contributed by atoms with Crippen molar-refractivity contribution >= 4 is 0 Å². The maximum atomic E-state index is 2.61. The van der Waals surface area contributed by atoms with Gasteiger partial charge in [-0.05, 0) is 38.8 Å². The minimum atomic E-state index is 0.508. The van der Waals surface area contributed by atoms with Crippen LogP contribution in [0.1, 0.15) is 38.3 Å². The normalized spacial score (nSPS) is 23.1. The number of hydrogen-bond acceptors (Lipinski definition) is 1. The van der Waals surface area contributed by atoms with Crippen molar-refractivity contribution in [3.63, 3.8) is 0 Å². The Bertz CT molecular complexity index is 405. The third-order valence-corrected chi connectivity index (χ3v) is 3.76. The molecule has 1 aliphatic heterocycles. The highest BCUT2D eigenvalue weighted by molar-refractivity contribution is 5.20. The molecular weight excluding hydrogens is 218 g/mol. The lowest BCUT2D eigenvalue weighted by molar-refractivity contribution is 0.222. The van der Waals surface area contributed by atoms with Gasteiger partial charge in [-0.25, -0.2) is 0 Å². The van der Waals surface area contributed by atoms with E-state index in [-0.39, 0.29) is 0 Å². The predicted octanol–water partition coefficient (Wildman–Crippen LogP) is 4.34. The molecule has 1 heteroatoms. The minimum absolute atomic E-state index is 0.508. The van der Waals surface area contributed by atoms with E-state index in [9.17, 15) is 0 Å². The quantitative estimate of drug-likeness (QED) is 0.709. The molecule has 1 fully saturated rings. The van der Waals surface area contributed by atoms with Crippen LogP contribution in [0, 0.1) is 0 Å². The first-order chi connectivity index (χ1) is 8.83. The van der Waals surface area contributed by atoms with E-state index in [1.54, 1.807) is 0 Å². The summed E-state index contributed by atoms with van der Waals surface area (Å²) in [6.07, 6.45) is 11.3. The van der Waals surface area contributed by atoms with Gasteiger partial charge in [0.15, 0.2) is 0 Å². The Kier molecular flexibility index (Phi) is 4.77. The first-order valence-corrected chi connectivity index (χ1v) is 6.93. The first kappa shape index (κ1) is 13.1. The Labute approximate surface area is 111 Å². The summed E-state index contributed by atoms with van der Waals surface area (Å²) in [5.74, 6) is 0. The fourth-order valence-electron chi connectivity index (χ4n) is 2.73. The van der Waals surface area contributed by atoms with Crippen LogP contribution < -0.4 is 0 Å². The molecule has 0 aromatic heterocycles. The molecule has 2 unspecified atom stereocenters. The van der Waals surface area contributed by atoms with E-state index in [4.69, 9.17) is 0 Å². The molecule has 0 bridgehead atoms. The van der Waals surface area contributed by atoms with Crippen LogP contribution >= 0.6 is 0 Å². The van der Waals surface area contributed by atoms with Crippen molar-refractivity contribution in [2.75, 3.05) is 6.54 Å². The Morgan fingerprint density at radius 2 is 2.00 bits per heavy atom. The van der Waals surface area contributed by atoms with Gasteiger partial charge in [0, 0.05) is 12.1 Å². The number of likely N-dealkylation sites (tertiary alicyclic amines) is 1. The summed E-state index contributed by atoms with van der Waals surface area (Å²) in [4.78, 5) is 2.61. The van der Waals surface area contributed by atoms with E-state index < -0.39 is 0 Å². The van der Waals surface area contributed by atoms with Crippen LogP contribution in [0.15, 0.2) is 54.6 Å². The maximum Gasteiger partial charge on any atom is 0.0325 e. The average Bonchev–Trinajstić information content (AvgIpc) is 2.88. The van der Waals surface area contributed by atoms with Crippen molar-refractivity contribution in [3.05, 3.63) is 60.2 Å². The smallest absolute Gasteiger partial charge is 0.0325 e. The Hall–Kier alpha value is -1.34. The molecular formula is C17H23N. The van der Waals surface area contributed by atoms with E-state index in [1.807, 2.05) is 0 Å². The molecule has 18 heavy (non-hydrogen) atoms. The van der Waals surface area contributed by atoms with E-state index in [0.717, 1.165) is 0 Å². The van der Waals surface area contributed by atoms with Crippen LogP contribution in [0.5, 0.6) is 0 Å². The predicted molar refractivity (Wildman–Crippen MR) is 78.5 cm³/mol. The number of allylic oxidation sites excluding steroid dienone is 3. The molecule has 1 aromatic rings. The number of rotatable bonds is 4. The molecule has 1 heterocycles. The minimum Gasteiger partial charge on any atom is -0.290 e. The molecule has 0 spiro atoms. The second-order valence-corrected chi connectivity index (χ2v) is 4.94. The van der Waals surface area contributed by atoms with Crippen LogP contribution in [0.25, 0.3) is 0 Å². The molecule has 1 aliphatic rings. The standard InChI is InChI=1S/C17H23N/c1-3-4-6-12-17-13-9-14-18(17)15(2)16-10-7-5-8-11-16/h3-8,10-12,15,17H,9,13-14H2,1-2H3. The molecule has 1 saturated heterocycles. The van der Waals surface area contributed by atoms with Gasteiger partial charge >= 0.3 is 0 Å². The summed E-state index contributed by atoms with van der Waals surface area (Å²) >= 11 is 0. The second kappa shape index (κ2) is 6.55. The highest BCUT2D eigenvalue weighted by Gasteiger charge is 2.26. The van der Waals surface area contributed by atoms with Gasteiger partial charge in [-0.3, -0.25) is 4.90 Å². The summed E-state index contributed by atoms with van der Waals surface area (Å²) in [6, 6.07) is 11.9. The van der Waals surface area contributed by atoms with E-state index in [0.29, 0.717) is 12.1 Å². The summed E-state index contributed by atoms with van der Waals surface area (Å²) in [5, 5.41) is 0. The molecule has 2 atom stereocenters. The molecule has 1 aromatic carbocycles. The lowest BCUT2D eigenvalue weighted by atomic mass is 10.1. The third-order valence-electron chi connectivity index (χ3n) is 3.76. The van der Waals surface area contributed by atoms with Crippen molar-refractivity contribution in [2.24, 2.45) is 0 Å². The summed E-state index contributed by atoms with van der Waals surface area (Å²) in [7, 11) is 0. The van der Waals surface area contributed by atoms with Crippen molar-refractivity contribution in [1.29, 1.82) is 0 Å². The maximum absolute atomic E-state index is 2.61. The largest absolute Gasteiger partial charge is 0.290 e. The molecule has 0 aliphatic carbocycles. The topological polar surface area (TPSA) is 3.24 Å². The number of hydrogen-bond donors (Lipinski definition) is 0. The van der Waals surface area contributed by atoms with Gasteiger partial charge in [0.2, 0.25) is 0 Å². The van der Waals surface area contributed by atoms with Crippen LogP contribution in [0.2, 0.25) is 0 Å². The van der Waals surface area contributed by atoms with Crippen molar-refractivity contribution in [1.82, 2.24) is 4.90 Å². The lowest BCUT2D eigenvalue weighted by Crippen LogP contribution is -2.30. The summed E-state index contributed by atoms with van der Waals surface area (Å²) in [6.45, 7) is 5.58. The van der Waals surface area contributed by atoms with Gasteiger partial charge < -0.3 is 0 Å². The van der Waals surface area contributed by atoms with Gasteiger partial charge in [-0.15, -0.1) is 0 Å². The zero-order chi connectivity index (χ0) is 12.8.